The van der Waals surface area contributed by atoms with Crippen LogP contribution >= 0.6 is 0 Å². The zero-order valence-corrected chi connectivity index (χ0v) is 15.6. The number of hydrogen-bond acceptors (Lipinski definition) is 8. The van der Waals surface area contributed by atoms with Gasteiger partial charge in [0.25, 0.3) is 0 Å². The second-order valence-electron chi connectivity index (χ2n) is 6.01. The molecular formula is C20H17FN2O6. The first-order valence-electron chi connectivity index (χ1n) is 8.47. The van der Waals surface area contributed by atoms with Crippen LogP contribution in [0.4, 0.5) is 4.39 Å². The van der Waals surface area contributed by atoms with Gasteiger partial charge in [-0.1, -0.05) is 12.1 Å². The topological polar surface area (TPSA) is 108 Å². The Labute approximate surface area is 164 Å². The molecule has 3 rings (SSSR count). The maximum atomic E-state index is 13.1. The number of hydrogen-bond donors (Lipinski definition) is 1. The lowest BCUT2D eigenvalue weighted by molar-refractivity contribution is -0.142. The third-order valence-corrected chi connectivity index (χ3v) is 4.09. The first kappa shape index (κ1) is 20.0. The van der Waals surface area contributed by atoms with Crippen molar-refractivity contribution >= 4 is 22.8 Å². The lowest BCUT2D eigenvalue weighted by atomic mass is 10.0. The van der Waals surface area contributed by atoms with E-state index in [9.17, 15) is 19.1 Å². The number of carbonyl (C=O) groups excluding carboxylic acids is 2. The molecule has 3 aromatic rings. The molecule has 150 valence electrons. The van der Waals surface area contributed by atoms with Crippen molar-refractivity contribution in [2.45, 2.75) is 6.42 Å². The van der Waals surface area contributed by atoms with Gasteiger partial charge in [0, 0.05) is 6.20 Å². The van der Waals surface area contributed by atoms with E-state index in [4.69, 9.17) is 4.74 Å². The number of methoxy groups -OCH3 is 2. The predicted octanol–water partition coefficient (Wildman–Crippen LogP) is 2.40. The van der Waals surface area contributed by atoms with Gasteiger partial charge in [-0.25, -0.2) is 19.0 Å². The minimum atomic E-state index is -0.885. The van der Waals surface area contributed by atoms with Crippen molar-refractivity contribution < 1.29 is 33.3 Å². The Bertz CT molecular complexity index is 1070. The van der Waals surface area contributed by atoms with Crippen LogP contribution < -0.4 is 4.74 Å². The van der Waals surface area contributed by atoms with E-state index < -0.39 is 30.0 Å². The van der Waals surface area contributed by atoms with E-state index >= 15 is 0 Å². The monoisotopic (exact) mass is 400 g/mol. The molecule has 8 nitrogen and oxygen atoms in total. The Morgan fingerprint density at radius 3 is 2.48 bits per heavy atom. The van der Waals surface area contributed by atoms with E-state index in [0.29, 0.717) is 11.8 Å². The molecule has 0 unspecified atom stereocenters. The minimum Gasteiger partial charge on any atom is -0.504 e. The summed E-state index contributed by atoms with van der Waals surface area (Å²) in [5, 5.41) is 10.7. The fourth-order valence-corrected chi connectivity index (χ4v) is 2.66. The normalized spacial score (nSPS) is 10.6. The van der Waals surface area contributed by atoms with Crippen molar-refractivity contribution in [2.75, 3.05) is 20.8 Å². The lowest BCUT2D eigenvalue weighted by Gasteiger charge is -2.12. The smallest absolute Gasteiger partial charge is 0.360 e. The summed E-state index contributed by atoms with van der Waals surface area (Å²) in [6.07, 6.45) is 1.94. The van der Waals surface area contributed by atoms with Crippen LogP contribution in [0.3, 0.4) is 0 Å². The van der Waals surface area contributed by atoms with Gasteiger partial charge in [-0.05, 0) is 35.7 Å². The highest BCUT2D eigenvalue weighted by Crippen LogP contribution is 2.33. The van der Waals surface area contributed by atoms with Crippen molar-refractivity contribution in [3.63, 3.8) is 0 Å². The molecule has 0 aliphatic carbocycles. The van der Waals surface area contributed by atoms with Gasteiger partial charge < -0.3 is 19.3 Å². The quantitative estimate of drug-likeness (QED) is 0.629. The van der Waals surface area contributed by atoms with Crippen molar-refractivity contribution in [3.8, 4) is 11.6 Å². The average molecular weight is 400 g/mol. The van der Waals surface area contributed by atoms with E-state index in [1.165, 1.54) is 25.4 Å². The van der Waals surface area contributed by atoms with Crippen molar-refractivity contribution in [1.82, 2.24) is 9.97 Å². The minimum absolute atomic E-state index is 0.0584. The van der Waals surface area contributed by atoms with E-state index in [0.717, 1.165) is 18.2 Å². The average Bonchev–Trinajstić information content (AvgIpc) is 2.74. The molecule has 1 N–H and O–H groups in total. The van der Waals surface area contributed by atoms with Gasteiger partial charge in [-0.15, -0.1) is 0 Å². The number of fused-ring (bicyclic) bond motifs is 1. The second-order valence-corrected chi connectivity index (χ2v) is 6.01. The number of pyridine rings is 2. The van der Waals surface area contributed by atoms with Crippen molar-refractivity contribution in [2.24, 2.45) is 0 Å². The number of benzene rings is 1. The summed E-state index contributed by atoms with van der Waals surface area (Å²) in [5.74, 6) is -2.43. The Hall–Kier alpha value is -3.75. The van der Waals surface area contributed by atoms with Gasteiger partial charge in [0.1, 0.15) is 11.3 Å². The third-order valence-electron chi connectivity index (χ3n) is 4.09. The number of ether oxygens (including phenoxy) is 3. The Kier molecular flexibility index (Phi) is 5.87. The first-order valence-corrected chi connectivity index (χ1v) is 8.47. The molecule has 0 radical (unpaired) electrons. The van der Waals surface area contributed by atoms with Crippen LogP contribution in [0, 0.1) is 5.82 Å². The molecule has 0 saturated heterocycles. The second kappa shape index (κ2) is 8.51. The summed E-state index contributed by atoms with van der Waals surface area (Å²) >= 11 is 0. The van der Waals surface area contributed by atoms with Crippen molar-refractivity contribution in [1.29, 1.82) is 0 Å². The highest BCUT2D eigenvalue weighted by molar-refractivity contribution is 5.99. The molecule has 0 aliphatic rings. The molecule has 29 heavy (non-hydrogen) atoms. The summed E-state index contributed by atoms with van der Waals surface area (Å²) in [4.78, 5) is 31.6. The zero-order valence-electron chi connectivity index (χ0n) is 15.6. The molecule has 0 bridgehead atoms. The molecule has 2 heterocycles. The van der Waals surface area contributed by atoms with Gasteiger partial charge in [0.05, 0.1) is 19.6 Å². The predicted molar refractivity (Wildman–Crippen MR) is 99.3 cm³/mol. The van der Waals surface area contributed by atoms with Gasteiger partial charge in [-0.2, -0.15) is 0 Å². The number of aromatic nitrogens is 2. The van der Waals surface area contributed by atoms with Gasteiger partial charge in [-0.3, -0.25) is 4.98 Å². The molecule has 2 aromatic heterocycles. The van der Waals surface area contributed by atoms with Crippen LogP contribution in [0.2, 0.25) is 0 Å². The molecular weight excluding hydrogens is 383 g/mol. The van der Waals surface area contributed by atoms with Gasteiger partial charge in [0.2, 0.25) is 5.88 Å². The van der Waals surface area contributed by atoms with Crippen LogP contribution in [-0.2, 0) is 20.7 Å². The maximum Gasteiger partial charge on any atom is 0.360 e. The molecule has 0 atom stereocenters. The molecule has 1 aromatic carbocycles. The van der Waals surface area contributed by atoms with Crippen LogP contribution in [-0.4, -0.2) is 47.8 Å². The molecule has 0 aliphatic heterocycles. The van der Waals surface area contributed by atoms with E-state index in [1.807, 2.05) is 0 Å². The maximum absolute atomic E-state index is 13.1. The number of aromatic hydroxyl groups is 1. The van der Waals surface area contributed by atoms with E-state index in [-0.39, 0.29) is 17.2 Å². The number of carbonyl (C=O) groups is 2. The highest BCUT2D eigenvalue weighted by Gasteiger charge is 2.22. The number of rotatable bonds is 6. The lowest BCUT2D eigenvalue weighted by Crippen LogP contribution is -2.15. The van der Waals surface area contributed by atoms with Crippen LogP contribution in [0.1, 0.15) is 21.6 Å². The molecule has 0 fully saturated rings. The van der Waals surface area contributed by atoms with Crippen LogP contribution in [0.15, 0.2) is 36.5 Å². The standard InChI is InChI=1S/C20H17FN2O6/c1-27-15(24)10-29-19-14-8-12(7-11-3-5-13(21)6-4-11)9-22-16(14)18(25)17(23-19)20(26)28-2/h3-6,8-9,25H,7,10H2,1-2H3. The summed E-state index contributed by atoms with van der Waals surface area (Å²) in [6.45, 7) is -0.452. The summed E-state index contributed by atoms with van der Waals surface area (Å²) < 4.78 is 27.6. The summed E-state index contributed by atoms with van der Waals surface area (Å²) in [6, 6.07) is 7.65. The molecule has 9 heteroatoms. The highest BCUT2D eigenvalue weighted by atomic mass is 19.1. The number of nitrogens with zero attached hydrogens (tertiary/aromatic N) is 2. The number of esters is 2. The fourth-order valence-electron chi connectivity index (χ4n) is 2.66. The molecule has 0 saturated carbocycles. The number of halogens is 1. The Morgan fingerprint density at radius 2 is 1.83 bits per heavy atom. The Balaban J connectivity index is 2.06. The largest absolute Gasteiger partial charge is 0.504 e. The molecule has 0 spiro atoms. The van der Waals surface area contributed by atoms with E-state index in [1.54, 1.807) is 18.2 Å². The summed E-state index contributed by atoms with van der Waals surface area (Å²) in [5.41, 5.74) is 1.23. The SMILES string of the molecule is COC(=O)COc1nc(C(=O)OC)c(O)c2ncc(Cc3ccc(F)cc3)cc12. The van der Waals surface area contributed by atoms with Crippen molar-refractivity contribution in [3.05, 3.63) is 59.2 Å². The van der Waals surface area contributed by atoms with Crippen LogP contribution in [0.5, 0.6) is 11.6 Å². The third kappa shape index (κ3) is 4.40. The Morgan fingerprint density at radius 1 is 1.10 bits per heavy atom. The summed E-state index contributed by atoms with van der Waals surface area (Å²) in [7, 11) is 2.35. The van der Waals surface area contributed by atoms with Gasteiger partial charge >= 0.3 is 11.9 Å². The van der Waals surface area contributed by atoms with Crippen LogP contribution in [0.25, 0.3) is 10.9 Å². The van der Waals surface area contributed by atoms with Gasteiger partial charge in [0.15, 0.2) is 18.1 Å². The van der Waals surface area contributed by atoms with E-state index in [2.05, 4.69) is 19.4 Å². The zero-order chi connectivity index (χ0) is 21.0. The molecule has 0 amide bonds. The first-order chi connectivity index (χ1) is 13.9. The fraction of sp³-hybridized carbons (Fsp3) is 0.200.